The molecule has 1 fully saturated rings. The molecule has 1 aromatic carbocycles. The van der Waals surface area contributed by atoms with Crippen LogP contribution in [0.4, 0.5) is 0 Å². The van der Waals surface area contributed by atoms with Gasteiger partial charge in [0.1, 0.15) is 18.1 Å². The van der Waals surface area contributed by atoms with Gasteiger partial charge in [0.05, 0.1) is 12.1 Å². The number of aromatic amines is 1. The number of rotatable bonds is 12. The maximum atomic E-state index is 13.5. The molecular weight excluding hydrogens is 498 g/mol. The first-order valence-electron chi connectivity index (χ1n) is 12.3. The lowest BCUT2D eigenvalue weighted by atomic mass is 10.0. The number of hydrogen-bond acceptors (Lipinski definition) is 7. The molecule has 0 bridgehead atoms. The van der Waals surface area contributed by atoms with Crippen molar-refractivity contribution in [1.29, 1.82) is 0 Å². The predicted octanol–water partition coefficient (Wildman–Crippen LogP) is -0.671. The molecule has 2 aromatic rings. The molecule has 0 saturated carbocycles. The van der Waals surface area contributed by atoms with Crippen molar-refractivity contribution in [1.82, 2.24) is 20.5 Å². The Labute approximate surface area is 218 Å². The molecule has 5 atom stereocenters. The van der Waals surface area contributed by atoms with Crippen molar-refractivity contribution in [3.63, 3.8) is 0 Å². The van der Waals surface area contributed by atoms with Gasteiger partial charge in [-0.1, -0.05) is 18.2 Å². The molecule has 1 aliphatic rings. The molecule has 8 N–H and O–H groups in total. The molecule has 13 nitrogen and oxygen atoms in total. The number of nitrogens with one attached hydrogen (secondary N) is 3. The van der Waals surface area contributed by atoms with E-state index in [0.717, 1.165) is 10.9 Å². The third kappa shape index (κ3) is 6.86. The second-order valence-electron chi connectivity index (χ2n) is 9.42. The summed E-state index contributed by atoms with van der Waals surface area (Å²) in [5.74, 6) is -4.58. The minimum Gasteiger partial charge on any atom is -0.481 e. The summed E-state index contributed by atoms with van der Waals surface area (Å²) in [4.78, 5) is 66.0. The number of amides is 3. The highest BCUT2D eigenvalue weighted by Gasteiger charge is 2.39. The van der Waals surface area contributed by atoms with Gasteiger partial charge in [-0.15, -0.1) is 0 Å². The molecule has 1 saturated heterocycles. The number of benzene rings is 1. The molecular formula is C25H33N5O8. The van der Waals surface area contributed by atoms with Crippen LogP contribution in [0.2, 0.25) is 0 Å². The van der Waals surface area contributed by atoms with Gasteiger partial charge in [-0.05, 0) is 37.8 Å². The van der Waals surface area contributed by atoms with E-state index in [1.807, 2.05) is 24.3 Å². The Bertz CT molecular complexity index is 1200. The fraction of sp³-hybridized carbons (Fsp3) is 0.480. The number of aliphatic hydroxyl groups is 1. The fourth-order valence-corrected chi connectivity index (χ4v) is 4.54. The van der Waals surface area contributed by atoms with Crippen LogP contribution in [0.15, 0.2) is 30.5 Å². The van der Waals surface area contributed by atoms with Crippen LogP contribution in [-0.2, 0) is 30.4 Å². The fourth-order valence-electron chi connectivity index (χ4n) is 4.54. The molecule has 0 radical (unpaired) electrons. The maximum absolute atomic E-state index is 13.5. The monoisotopic (exact) mass is 531 g/mol. The zero-order valence-corrected chi connectivity index (χ0v) is 20.9. The summed E-state index contributed by atoms with van der Waals surface area (Å²) in [5, 5.41) is 34.3. The van der Waals surface area contributed by atoms with E-state index in [2.05, 4.69) is 15.6 Å². The summed E-state index contributed by atoms with van der Waals surface area (Å²) >= 11 is 0. The lowest BCUT2D eigenvalue weighted by Gasteiger charge is -2.29. The normalized spacial score (nSPS) is 18.4. The van der Waals surface area contributed by atoms with E-state index < -0.39 is 59.9 Å². The van der Waals surface area contributed by atoms with Gasteiger partial charge < -0.3 is 41.6 Å². The Morgan fingerprint density at radius 3 is 2.50 bits per heavy atom. The Kier molecular flexibility index (Phi) is 9.42. The highest BCUT2D eigenvalue weighted by atomic mass is 16.4. The van der Waals surface area contributed by atoms with Crippen LogP contribution in [0.1, 0.15) is 38.2 Å². The molecule has 38 heavy (non-hydrogen) atoms. The van der Waals surface area contributed by atoms with Crippen molar-refractivity contribution in [3.8, 4) is 0 Å². The zero-order valence-electron chi connectivity index (χ0n) is 20.9. The third-order valence-corrected chi connectivity index (χ3v) is 6.60. The number of aliphatic hydroxyl groups excluding tert-OH is 1. The summed E-state index contributed by atoms with van der Waals surface area (Å²) in [7, 11) is 0. The van der Waals surface area contributed by atoms with E-state index in [0.29, 0.717) is 12.0 Å². The van der Waals surface area contributed by atoms with E-state index in [1.165, 1.54) is 11.8 Å². The molecule has 206 valence electrons. The number of nitrogens with two attached hydrogens (primary N) is 1. The van der Waals surface area contributed by atoms with E-state index in [4.69, 9.17) is 10.8 Å². The van der Waals surface area contributed by atoms with Gasteiger partial charge in [-0.2, -0.15) is 0 Å². The number of para-hydroxylation sites is 1. The standard InChI is InChI=1S/C25H33N5O8/c1-13(31)21(29-22(34)16(26)8-9-20(32)33)23(35)28-18(24(36)30-10-4-7-19(30)25(37)38)11-14-12-27-17-6-3-2-5-15(14)17/h2-3,5-6,12-13,16,18-19,21,27,31H,4,7-11,26H2,1H3,(H,28,35)(H,29,34)(H,32,33)(H,37,38). The molecule has 2 heterocycles. The number of likely N-dealkylation sites (tertiary alicyclic amines) is 1. The van der Waals surface area contributed by atoms with Crippen molar-refractivity contribution in [2.45, 2.75) is 69.3 Å². The Hall–Kier alpha value is -3.97. The van der Waals surface area contributed by atoms with Crippen molar-refractivity contribution in [2.24, 2.45) is 5.73 Å². The van der Waals surface area contributed by atoms with Crippen molar-refractivity contribution in [2.75, 3.05) is 6.54 Å². The number of hydrogen-bond donors (Lipinski definition) is 7. The molecule has 13 heteroatoms. The minimum absolute atomic E-state index is 0.0238. The first-order chi connectivity index (χ1) is 18.0. The number of carbonyl (C=O) groups excluding carboxylic acids is 3. The van der Waals surface area contributed by atoms with Crippen molar-refractivity contribution < 1.29 is 39.3 Å². The summed E-state index contributed by atoms with van der Waals surface area (Å²) < 4.78 is 0. The lowest BCUT2D eigenvalue weighted by Crippen LogP contribution is -2.60. The van der Waals surface area contributed by atoms with Gasteiger partial charge >= 0.3 is 11.9 Å². The van der Waals surface area contributed by atoms with E-state index in [1.54, 1.807) is 6.20 Å². The molecule has 3 amide bonds. The average Bonchev–Trinajstić information content (AvgIpc) is 3.52. The summed E-state index contributed by atoms with van der Waals surface area (Å²) in [5.41, 5.74) is 7.25. The molecule has 3 rings (SSSR count). The highest BCUT2D eigenvalue weighted by molar-refractivity contribution is 5.95. The average molecular weight is 532 g/mol. The number of carboxylic acids is 2. The number of carboxylic acid groups (broad SMARTS) is 2. The van der Waals surface area contributed by atoms with Gasteiger partial charge in [0.25, 0.3) is 0 Å². The molecule has 5 unspecified atom stereocenters. The smallest absolute Gasteiger partial charge is 0.326 e. The van der Waals surface area contributed by atoms with E-state index in [9.17, 15) is 34.2 Å². The SMILES string of the molecule is CC(O)C(NC(=O)C(N)CCC(=O)O)C(=O)NC(Cc1c[nH]c2ccccc12)C(=O)N1CCCC1C(=O)O. The maximum Gasteiger partial charge on any atom is 0.326 e. The molecule has 1 aromatic heterocycles. The number of carbonyl (C=O) groups is 5. The zero-order chi connectivity index (χ0) is 28.0. The second kappa shape index (κ2) is 12.5. The van der Waals surface area contributed by atoms with Crippen molar-refractivity contribution in [3.05, 3.63) is 36.0 Å². The van der Waals surface area contributed by atoms with Crippen LogP contribution < -0.4 is 16.4 Å². The first-order valence-corrected chi connectivity index (χ1v) is 12.3. The van der Waals surface area contributed by atoms with E-state index in [-0.39, 0.29) is 32.2 Å². The van der Waals surface area contributed by atoms with Crippen molar-refractivity contribution >= 4 is 40.6 Å². The van der Waals surface area contributed by atoms with Gasteiger partial charge in [-0.3, -0.25) is 19.2 Å². The summed E-state index contributed by atoms with van der Waals surface area (Å²) in [6, 6.07) is 2.41. The number of fused-ring (bicyclic) bond motifs is 1. The molecule has 0 spiro atoms. The van der Waals surface area contributed by atoms with Gasteiger partial charge in [0.15, 0.2) is 0 Å². The van der Waals surface area contributed by atoms with Crippen LogP contribution in [0.3, 0.4) is 0 Å². The van der Waals surface area contributed by atoms with Gasteiger partial charge in [-0.25, -0.2) is 4.79 Å². The van der Waals surface area contributed by atoms with Crippen LogP contribution in [-0.4, -0.2) is 91.7 Å². The summed E-state index contributed by atoms with van der Waals surface area (Å²) in [6.45, 7) is 1.48. The van der Waals surface area contributed by atoms with Crippen LogP contribution >= 0.6 is 0 Å². The lowest BCUT2D eigenvalue weighted by molar-refractivity contribution is -0.149. The van der Waals surface area contributed by atoms with E-state index >= 15 is 0 Å². The largest absolute Gasteiger partial charge is 0.481 e. The van der Waals surface area contributed by atoms with Gasteiger partial charge in [0.2, 0.25) is 17.7 Å². The number of aromatic nitrogens is 1. The van der Waals surface area contributed by atoms with Crippen LogP contribution in [0.5, 0.6) is 0 Å². The quantitative estimate of drug-likeness (QED) is 0.184. The molecule has 1 aliphatic heterocycles. The Balaban J connectivity index is 1.83. The summed E-state index contributed by atoms with van der Waals surface area (Å²) in [6.07, 6.45) is 0.589. The third-order valence-electron chi connectivity index (χ3n) is 6.60. The highest BCUT2D eigenvalue weighted by Crippen LogP contribution is 2.23. The Morgan fingerprint density at radius 2 is 1.84 bits per heavy atom. The number of H-pyrrole nitrogens is 1. The molecule has 0 aliphatic carbocycles. The second-order valence-corrected chi connectivity index (χ2v) is 9.42. The number of nitrogens with zero attached hydrogens (tertiary/aromatic N) is 1. The van der Waals surface area contributed by atoms with Crippen LogP contribution in [0, 0.1) is 0 Å². The number of aliphatic carboxylic acids is 2. The minimum atomic E-state index is -1.49. The Morgan fingerprint density at radius 1 is 1.13 bits per heavy atom. The first kappa shape index (κ1) is 28.6. The predicted molar refractivity (Wildman–Crippen MR) is 135 cm³/mol. The van der Waals surface area contributed by atoms with Gasteiger partial charge in [0, 0.05) is 36.5 Å². The van der Waals surface area contributed by atoms with Crippen LogP contribution in [0.25, 0.3) is 10.9 Å². The topological polar surface area (TPSA) is 215 Å².